The van der Waals surface area contributed by atoms with Crippen LogP contribution in [0.4, 0.5) is 0 Å². The van der Waals surface area contributed by atoms with Gasteiger partial charge in [-0.3, -0.25) is 0 Å². The smallest absolute Gasteiger partial charge is 0.118 e. The van der Waals surface area contributed by atoms with Crippen LogP contribution in [-0.2, 0) is 4.74 Å². The van der Waals surface area contributed by atoms with E-state index in [-0.39, 0.29) is 0 Å². The van der Waals surface area contributed by atoms with Crippen molar-refractivity contribution < 1.29 is 4.74 Å². The highest BCUT2D eigenvalue weighted by Gasteiger charge is 2.06. The van der Waals surface area contributed by atoms with Gasteiger partial charge in [-0.2, -0.15) is 0 Å². The molecule has 0 aliphatic heterocycles. The van der Waals surface area contributed by atoms with Crippen molar-refractivity contribution in [2.24, 2.45) is 0 Å². The van der Waals surface area contributed by atoms with Gasteiger partial charge >= 0.3 is 0 Å². The van der Waals surface area contributed by atoms with Gasteiger partial charge in [0.25, 0.3) is 0 Å². The normalized spacial score (nSPS) is 20.5. The summed E-state index contributed by atoms with van der Waals surface area (Å²) in [5.74, 6) is 1.07. The molecule has 0 heterocycles. The Morgan fingerprint density at radius 2 is 1.87 bits per heavy atom. The van der Waals surface area contributed by atoms with Crippen LogP contribution in [0.25, 0.3) is 0 Å². The first-order chi connectivity index (χ1) is 7.36. The van der Waals surface area contributed by atoms with Gasteiger partial charge in [-0.05, 0) is 49.8 Å². The van der Waals surface area contributed by atoms with Crippen molar-refractivity contribution in [3.05, 3.63) is 47.3 Å². The summed E-state index contributed by atoms with van der Waals surface area (Å²) >= 11 is 0. The minimum Gasteiger partial charge on any atom is -0.489 e. The molecule has 15 heavy (non-hydrogen) atoms. The van der Waals surface area contributed by atoms with Crippen LogP contribution in [0.1, 0.15) is 32.6 Å². The largest absolute Gasteiger partial charge is 0.489 e. The summed E-state index contributed by atoms with van der Waals surface area (Å²) in [6.45, 7) is 2.84. The molecule has 1 nitrogen and oxygen atoms in total. The van der Waals surface area contributed by atoms with Crippen molar-refractivity contribution in [1.29, 1.82) is 0 Å². The number of hydrogen-bond acceptors (Lipinski definition) is 1. The lowest BCUT2D eigenvalue weighted by atomic mass is 10.1. The molecule has 0 aromatic heterocycles. The van der Waals surface area contributed by atoms with Crippen molar-refractivity contribution in [2.45, 2.75) is 32.6 Å². The maximum Gasteiger partial charge on any atom is 0.118 e. The standard InChI is InChI=1S/C14H18O/c1-12-7-5-6-10-14(12)15-11-13-8-3-2-4-9-13/h3,7-10H,2,4-6,11H2,1H3. The first kappa shape index (κ1) is 10.3. The van der Waals surface area contributed by atoms with Crippen molar-refractivity contribution in [1.82, 2.24) is 0 Å². The lowest BCUT2D eigenvalue weighted by molar-refractivity contribution is 0.247. The van der Waals surface area contributed by atoms with Gasteiger partial charge in [0.2, 0.25) is 0 Å². The Balaban J connectivity index is 1.88. The molecule has 2 aliphatic carbocycles. The van der Waals surface area contributed by atoms with Crippen LogP contribution >= 0.6 is 0 Å². The second-order valence-corrected chi connectivity index (χ2v) is 4.08. The molecule has 0 aromatic rings. The molecule has 0 radical (unpaired) electrons. The van der Waals surface area contributed by atoms with E-state index < -0.39 is 0 Å². The summed E-state index contributed by atoms with van der Waals surface area (Å²) in [5, 5.41) is 0. The lowest BCUT2D eigenvalue weighted by Gasteiger charge is -2.15. The molecule has 0 atom stereocenters. The summed E-state index contributed by atoms with van der Waals surface area (Å²) < 4.78 is 5.81. The Hall–Kier alpha value is -1.24. The predicted octanol–water partition coefficient (Wildman–Crippen LogP) is 3.90. The average molecular weight is 202 g/mol. The van der Waals surface area contributed by atoms with Gasteiger partial charge in [0.1, 0.15) is 12.4 Å². The molecule has 0 fully saturated rings. The van der Waals surface area contributed by atoms with Crippen molar-refractivity contribution in [2.75, 3.05) is 6.61 Å². The Bertz CT molecular complexity index is 342. The molecule has 0 saturated heterocycles. The maximum atomic E-state index is 5.81. The Kier molecular flexibility index (Phi) is 3.44. The summed E-state index contributed by atoms with van der Waals surface area (Å²) in [7, 11) is 0. The monoisotopic (exact) mass is 202 g/mol. The van der Waals surface area contributed by atoms with Gasteiger partial charge in [-0.15, -0.1) is 0 Å². The van der Waals surface area contributed by atoms with Crippen molar-refractivity contribution in [3.8, 4) is 0 Å². The molecular weight excluding hydrogens is 184 g/mol. The van der Waals surface area contributed by atoms with E-state index >= 15 is 0 Å². The van der Waals surface area contributed by atoms with Crippen LogP contribution in [0.5, 0.6) is 0 Å². The van der Waals surface area contributed by atoms with E-state index in [2.05, 4.69) is 37.3 Å². The Labute approximate surface area is 91.8 Å². The van der Waals surface area contributed by atoms with Crippen LogP contribution in [0.15, 0.2) is 47.3 Å². The van der Waals surface area contributed by atoms with E-state index in [0.717, 1.165) is 25.0 Å². The van der Waals surface area contributed by atoms with Crippen molar-refractivity contribution in [3.63, 3.8) is 0 Å². The average Bonchev–Trinajstić information content (AvgIpc) is 2.29. The van der Waals surface area contributed by atoms with Crippen LogP contribution in [0.3, 0.4) is 0 Å². The zero-order valence-electron chi connectivity index (χ0n) is 9.33. The third-order valence-electron chi connectivity index (χ3n) is 2.80. The molecule has 2 rings (SSSR count). The molecule has 0 aromatic carbocycles. The van der Waals surface area contributed by atoms with Gasteiger partial charge in [0.15, 0.2) is 0 Å². The predicted molar refractivity (Wildman–Crippen MR) is 63.5 cm³/mol. The van der Waals surface area contributed by atoms with E-state index in [9.17, 15) is 0 Å². The molecule has 0 bridgehead atoms. The first-order valence-electron chi connectivity index (χ1n) is 5.72. The van der Waals surface area contributed by atoms with Crippen LogP contribution in [-0.4, -0.2) is 6.61 Å². The first-order valence-corrected chi connectivity index (χ1v) is 5.72. The Morgan fingerprint density at radius 1 is 1.07 bits per heavy atom. The van der Waals surface area contributed by atoms with Crippen LogP contribution in [0.2, 0.25) is 0 Å². The van der Waals surface area contributed by atoms with E-state index in [0.29, 0.717) is 6.61 Å². The van der Waals surface area contributed by atoms with E-state index in [1.165, 1.54) is 17.6 Å². The highest BCUT2D eigenvalue weighted by molar-refractivity contribution is 5.28. The van der Waals surface area contributed by atoms with Gasteiger partial charge in [-0.1, -0.05) is 24.3 Å². The molecule has 1 heteroatoms. The van der Waals surface area contributed by atoms with Gasteiger partial charge in [-0.25, -0.2) is 0 Å². The zero-order chi connectivity index (χ0) is 10.5. The molecule has 0 N–H and O–H groups in total. The second-order valence-electron chi connectivity index (χ2n) is 4.08. The SMILES string of the molecule is CC1=CCCC=C1OCC1=CCCC=C1. The topological polar surface area (TPSA) is 9.23 Å². The highest BCUT2D eigenvalue weighted by Crippen LogP contribution is 2.20. The van der Waals surface area contributed by atoms with E-state index in [1.807, 2.05) is 0 Å². The minimum absolute atomic E-state index is 0.716. The quantitative estimate of drug-likeness (QED) is 0.674. The third-order valence-corrected chi connectivity index (χ3v) is 2.80. The molecule has 2 aliphatic rings. The molecule has 0 amide bonds. The molecule has 0 saturated carbocycles. The summed E-state index contributed by atoms with van der Waals surface area (Å²) in [6, 6.07) is 0. The lowest BCUT2D eigenvalue weighted by Crippen LogP contribution is -2.02. The van der Waals surface area contributed by atoms with Gasteiger partial charge in [0.05, 0.1) is 0 Å². The summed E-state index contributed by atoms with van der Waals surface area (Å²) in [4.78, 5) is 0. The number of ether oxygens (including phenoxy) is 1. The second kappa shape index (κ2) is 5.01. The number of hydrogen-bond donors (Lipinski definition) is 0. The summed E-state index contributed by atoms with van der Waals surface area (Å²) in [5.41, 5.74) is 2.59. The number of rotatable bonds is 3. The number of allylic oxidation sites excluding steroid dienone is 5. The Morgan fingerprint density at radius 3 is 2.60 bits per heavy atom. The minimum atomic E-state index is 0.716. The zero-order valence-corrected chi connectivity index (χ0v) is 9.33. The van der Waals surface area contributed by atoms with E-state index in [4.69, 9.17) is 4.74 Å². The third kappa shape index (κ3) is 2.85. The summed E-state index contributed by atoms with van der Waals surface area (Å²) in [6.07, 6.45) is 15.7. The van der Waals surface area contributed by atoms with Crippen LogP contribution in [0, 0.1) is 0 Å². The fraction of sp³-hybridized carbons (Fsp3) is 0.429. The van der Waals surface area contributed by atoms with Gasteiger partial charge in [0, 0.05) is 0 Å². The fourth-order valence-corrected chi connectivity index (χ4v) is 1.88. The molecular formula is C14H18O. The fourth-order valence-electron chi connectivity index (χ4n) is 1.88. The van der Waals surface area contributed by atoms with Gasteiger partial charge < -0.3 is 4.74 Å². The van der Waals surface area contributed by atoms with E-state index in [1.54, 1.807) is 0 Å². The molecule has 0 unspecified atom stereocenters. The maximum absolute atomic E-state index is 5.81. The van der Waals surface area contributed by atoms with Crippen LogP contribution < -0.4 is 0 Å². The van der Waals surface area contributed by atoms with Crippen molar-refractivity contribution >= 4 is 0 Å². The highest BCUT2D eigenvalue weighted by atomic mass is 16.5. The molecule has 0 spiro atoms. The molecule has 80 valence electrons.